The minimum atomic E-state index is -4.73. The molecular weight excluding hydrogens is 345 g/mol. The van der Waals surface area contributed by atoms with Gasteiger partial charge in [-0.25, -0.2) is 9.48 Å². The van der Waals surface area contributed by atoms with Crippen LogP contribution in [0.15, 0.2) is 23.0 Å². The van der Waals surface area contributed by atoms with Crippen LogP contribution in [0.5, 0.6) is 11.5 Å². The maximum absolute atomic E-state index is 12.7. The molecular formula is C14H13F3N4O4. The van der Waals surface area contributed by atoms with Crippen LogP contribution in [0.1, 0.15) is 16.2 Å². The number of hydrogen-bond acceptors (Lipinski definition) is 5. The van der Waals surface area contributed by atoms with Gasteiger partial charge >= 0.3 is 11.9 Å². The van der Waals surface area contributed by atoms with E-state index < -0.39 is 23.6 Å². The van der Waals surface area contributed by atoms with Gasteiger partial charge in [0.15, 0.2) is 11.5 Å². The van der Waals surface area contributed by atoms with Gasteiger partial charge < -0.3 is 14.8 Å². The van der Waals surface area contributed by atoms with Crippen LogP contribution in [0.25, 0.3) is 0 Å². The molecule has 1 N–H and O–H groups in total. The molecule has 0 radical (unpaired) electrons. The first kappa shape index (κ1) is 16.9. The fraction of sp³-hybridized carbons (Fsp3) is 0.357. The summed E-state index contributed by atoms with van der Waals surface area (Å²) < 4.78 is 49.4. The number of nitrogens with zero attached hydrogens (tertiary/aromatic N) is 3. The molecule has 0 saturated heterocycles. The Bertz CT molecular complexity index is 872. The van der Waals surface area contributed by atoms with E-state index in [9.17, 15) is 22.8 Å². The molecule has 0 fully saturated rings. The van der Waals surface area contributed by atoms with Crippen LogP contribution in [0.4, 0.5) is 13.2 Å². The Morgan fingerprint density at radius 3 is 2.72 bits per heavy atom. The number of aromatic nitrogens is 3. The summed E-state index contributed by atoms with van der Waals surface area (Å²) in [7, 11) is 0.986. The van der Waals surface area contributed by atoms with Gasteiger partial charge in [-0.05, 0) is 18.2 Å². The molecule has 3 rings (SSSR count). The quantitative estimate of drug-likeness (QED) is 0.872. The molecule has 1 aliphatic rings. The van der Waals surface area contributed by atoms with E-state index in [1.807, 2.05) is 0 Å². The van der Waals surface area contributed by atoms with Gasteiger partial charge in [0, 0.05) is 19.2 Å². The number of alkyl halides is 3. The van der Waals surface area contributed by atoms with Crippen molar-refractivity contribution in [2.45, 2.75) is 12.7 Å². The first-order valence-corrected chi connectivity index (χ1v) is 7.16. The Kier molecular flexibility index (Phi) is 4.15. The highest BCUT2D eigenvalue weighted by Gasteiger charge is 2.37. The molecule has 8 nitrogen and oxygen atoms in total. The Hall–Kier alpha value is -2.98. The van der Waals surface area contributed by atoms with Crippen LogP contribution in [0.3, 0.4) is 0 Å². The number of nitrogens with one attached hydrogen (secondary N) is 1. The van der Waals surface area contributed by atoms with E-state index in [1.165, 1.54) is 12.1 Å². The molecule has 0 aliphatic carbocycles. The molecule has 2 aromatic rings. The second-order valence-corrected chi connectivity index (χ2v) is 5.21. The van der Waals surface area contributed by atoms with Crippen LogP contribution >= 0.6 is 0 Å². The van der Waals surface area contributed by atoms with Gasteiger partial charge in [-0.3, -0.25) is 9.36 Å². The molecule has 0 atom stereocenters. The molecule has 25 heavy (non-hydrogen) atoms. The normalized spacial score (nSPS) is 13.1. The monoisotopic (exact) mass is 358 g/mol. The zero-order valence-corrected chi connectivity index (χ0v) is 13.0. The fourth-order valence-corrected chi connectivity index (χ4v) is 2.30. The van der Waals surface area contributed by atoms with Gasteiger partial charge in [-0.15, -0.1) is 5.10 Å². The van der Waals surface area contributed by atoms with Crippen molar-refractivity contribution in [3.8, 4) is 11.5 Å². The molecule has 1 aromatic heterocycles. The maximum atomic E-state index is 12.7. The van der Waals surface area contributed by atoms with E-state index in [2.05, 4.69) is 10.4 Å². The lowest BCUT2D eigenvalue weighted by atomic mass is 10.2. The number of carbonyl (C=O) groups is 1. The van der Waals surface area contributed by atoms with Crippen molar-refractivity contribution in [2.24, 2.45) is 7.05 Å². The molecule has 2 heterocycles. The van der Waals surface area contributed by atoms with Crippen LogP contribution < -0.4 is 20.5 Å². The Morgan fingerprint density at radius 2 is 2.04 bits per heavy atom. The van der Waals surface area contributed by atoms with Crippen LogP contribution in [-0.4, -0.2) is 33.6 Å². The molecule has 134 valence electrons. The second kappa shape index (κ2) is 6.15. The van der Waals surface area contributed by atoms with E-state index in [0.29, 0.717) is 26.3 Å². The smallest absolute Gasteiger partial charge is 0.451 e. The molecule has 0 bridgehead atoms. The van der Waals surface area contributed by atoms with Gasteiger partial charge in [0.05, 0.1) is 6.54 Å². The Balaban J connectivity index is 1.63. The standard InChI is InChI=1S/C14H13F3N4O4/c1-20-12(14(15,16)17)19-21(13(20)23)5-4-18-11(22)8-2-3-9-10(6-8)25-7-24-9/h2-3,6H,4-5,7H2,1H3,(H,18,22). The molecule has 0 unspecified atom stereocenters. The number of fused-ring (bicyclic) bond motifs is 1. The summed E-state index contributed by atoms with van der Waals surface area (Å²) in [5.74, 6) is -0.794. The summed E-state index contributed by atoms with van der Waals surface area (Å²) >= 11 is 0. The van der Waals surface area contributed by atoms with Crippen molar-refractivity contribution in [1.82, 2.24) is 19.7 Å². The van der Waals surface area contributed by atoms with Gasteiger partial charge in [0.2, 0.25) is 12.6 Å². The van der Waals surface area contributed by atoms with Crippen molar-refractivity contribution < 1.29 is 27.4 Å². The molecule has 1 aliphatic heterocycles. The summed E-state index contributed by atoms with van der Waals surface area (Å²) in [5, 5.41) is 5.76. The summed E-state index contributed by atoms with van der Waals surface area (Å²) in [5.41, 5.74) is -0.613. The molecule has 11 heteroatoms. The fourth-order valence-electron chi connectivity index (χ4n) is 2.30. The number of ether oxygens (including phenoxy) is 2. The Labute approximate surface area is 138 Å². The van der Waals surface area contributed by atoms with Gasteiger partial charge in [0.25, 0.3) is 5.91 Å². The van der Waals surface area contributed by atoms with Crippen molar-refractivity contribution >= 4 is 5.91 Å². The lowest BCUT2D eigenvalue weighted by Gasteiger charge is -2.06. The minimum Gasteiger partial charge on any atom is -0.454 e. The molecule has 1 aromatic carbocycles. The molecule has 0 spiro atoms. The van der Waals surface area contributed by atoms with Crippen molar-refractivity contribution in [1.29, 1.82) is 0 Å². The number of amides is 1. The summed E-state index contributed by atoms with van der Waals surface area (Å²) in [4.78, 5) is 23.8. The van der Waals surface area contributed by atoms with Gasteiger partial charge in [0.1, 0.15) is 0 Å². The number of hydrogen-bond donors (Lipinski definition) is 1. The first-order chi connectivity index (χ1) is 11.8. The average molecular weight is 358 g/mol. The average Bonchev–Trinajstić information content (AvgIpc) is 3.13. The predicted molar refractivity (Wildman–Crippen MR) is 77.4 cm³/mol. The summed E-state index contributed by atoms with van der Waals surface area (Å²) in [6, 6.07) is 4.60. The van der Waals surface area contributed by atoms with E-state index in [-0.39, 0.29) is 19.9 Å². The first-order valence-electron chi connectivity index (χ1n) is 7.16. The zero-order chi connectivity index (χ0) is 18.2. The Morgan fingerprint density at radius 1 is 1.32 bits per heavy atom. The zero-order valence-electron chi connectivity index (χ0n) is 13.0. The van der Waals surface area contributed by atoms with Crippen LogP contribution in [-0.2, 0) is 19.8 Å². The van der Waals surface area contributed by atoms with E-state index >= 15 is 0 Å². The van der Waals surface area contributed by atoms with Crippen LogP contribution in [0.2, 0.25) is 0 Å². The van der Waals surface area contributed by atoms with Gasteiger partial charge in [-0.1, -0.05) is 0 Å². The third kappa shape index (κ3) is 3.30. The number of rotatable bonds is 4. The third-order valence-corrected chi connectivity index (χ3v) is 3.54. The molecule has 0 saturated carbocycles. The summed E-state index contributed by atoms with van der Waals surface area (Å²) in [6.07, 6.45) is -4.73. The third-order valence-electron chi connectivity index (χ3n) is 3.54. The highest BCUT2D eigenvalue weighted by molar-refractivity contribution is 5.94. The maximum Gasteiger partial charge on any atom is 0.451 e. The van der Waals surface area contributed by atoms with Crippen molar-refractivity contribution in [3.05, 3.63) is 40.1 Å². The van der Waals surface area contributed by atoms with Crippen molar-refractivity contribution in [2.75, 3.05) is 13.3 Å². The highest BCUT2D eigenvalue weighted by atomic mass is 19.4. The number of halogens is 3. The van der Waals surface area contributed by atoms with E-state index in [4.69, 9.17) is 9.47 Å². The van der Waals surface area contributed by atoms with E-state index in [1.54, 1.807) is 6.07 Å². The lowest BCUT2D eigenvalue weighted by molar-refractivity contribution is -0.147. The second-order valence-electron chi connectivity index (χ2n) is 5.21. The molecule has 1 amide bonds. The highest BCUT2D eigenvalue weighted by Crippen LogP contribution is 2.32. The SMILES string of the molecule is Cn1c(C(F)(F)F)nn(CCNC(=O)c2ccc3c(c2)OCO3)c1=O. The van der Waals surface area contributed by atoms with E-state index in [0.717, 1.165) is 7.05 Å². The van der Waals surface area contributed by atoms with Crippen LogP contribution in [0, 0.1) is 0 Å². The largest absolute Gasteiger partial charge is 0.454 e. The lowest BCUT2D eigenvalue weighted by Crippen LogP contribution is -2.31. The number of benzene rings is 1. The van der Waals surface area contributed by atoms with Gasteiger partial charge in [-0.2, -0.15) is 13.2 Å². The number of carbonyl (C=O) groups excluding carboxylic acids is 1. The van der Waals surface area contributed by atoms with Crippen molar-refractivity contribution in [3.63, 3.8) is 0 Å². The topological polar surface area (TPSA) is 87.4 Å². The summed E-state index contributed by atoms with van der Waals surface area (Å²) in [6.45, 7) is -0.189. The minimum absolute atomic E-state index is 0.0680. The predicted octanol–water partition coefficient (Wildman–Crippen LogP) is 0.759.